The lowest BCUT2D eigenvalue weighted by Gasteiger charge is -2.34. The van der Waals surface area contributed by atoms with E-state index < -0.39 is 5.54 Å². The molecule has 1 atom stereocenters. The molecular weight excluding hydrogens is 355 g/mol. The van der Waals surface area contributed by atoms with Gasteiger partial charge in [0.25, 0.3) is 5.91 Å². The Hall–Kier alpha value is -2.66. The largest absolute Gasteiger partial charge is 0.300 e. The highest BCUT2D eigenvalue weighted by Gasteiger charge is 2.49. The Balaban J connectivity index is 1.94. The molecule has 1 amide bonds. The standard InChI is InChI=1S/C20H14ClFN2O2/c1-20-7-6-18(25)24(20)16-4-2-12(21)10-14(16)19(26)23-15-5-3-13(22)8-11(15)9-17(20)23/h2-5,8-10H,6-7H2,1H3. The van der Waals surface area contributed by atoms with E-state index in [2.05, 4.69) is 0 Å². The third-order valence-electron chi connectivity index (χ3n) is 5.52. The smallest absolute Gasteiger partial charge is 0.264 e. The molecular formula is C20H14ClFN2O2. The lowest BCUT2D eigenvalue weighted by Crippen LogP contribution is -2.41. The fraction of sp³-hybridized carbons (Fsp3) is 0.200. The zero-order valence-electron chi connectivity index (χ0n) is 13.9. The molecule has 3 heterocycles. The number of aromatic nitrogens is 1. The van der Waals surface area contributed by atoms with E-state index in [0.717, 1.165) is 0 Å². The first-order chi connectivity index (χ1) is 12.4. The Morgan fingerprint density at radius 1 is 1.12 bits per heavy atom. The summed E-state index contributed by atoms with van der Waals surface area (Å²) in [5, 5.41) is 1.07. The SMILES string of the molecule is CC12CCC(=O)N1c1ccc(Cl)cc1C(=O)n1c2cc2cc(F)ccc21. The predicted molar refractivity (Wildman–Crippen MR) is 97.1 cm³/mol. The van der Waals surface area contributed by atoms with E-state index in [-0.39, 0.29) is 17.6 Å². The number of carbonyl (C=O) groups excluding carboxylic acids is 2. The van der Waals surface area contributed by atoms with E-state index in [4.69, 9.17) is 11.6 Å². The minimum Gasteiger partial charge on any atom is -0.300 e. The molecule has 26 heavy (non-hydrogen) atoms. The number of halogens is 2. The molecule has 0 bridgehead atoms. The van der Waals surface area contributed by atoms with Gasteiger partial charge in [-0.1, -0.05) is 11.6 Å². The van der Waals surface area contributed by atoms with E-state index in [0.29, 0.717) is 45.7 Å². The molecule has 6 heteroatoms. The van der Waals surface area contributed by atoms with Crippen LogP contribution >= 0.6 is 11.6 Å². The van der Waals surface area contributed by atoms with Gasteiger partial charge in [0.15, 0.2) is 0 Å². The number of anilines is 1. The van der Waals surface area contributed by atoms with Crippen molar-refractivity contribution in [1.82, 2.24) is 4.57 Å². The van der Waals surface area contributed by atoms with Crippen LogP contribution in [0.1, 0.15) is 35.8 Å². The highest BCUT2D eigenvalue weighted by molar-refractivity contribution is 6.31. The molecule has 3 aromatic rings. The minimum atomic E-state index is -0.679. The molecule has 4 nitrogen and oxygen atoms in total. The van der Waals surface area contributed by atoms with Gasteiger partial charge < -0.3 is 4.90 Å². The summed E-state index contributed by atoms with van der Waals surface area (Å²) in [5.41, 5.74) is 1.59. The summed E-state index contributed by atoms with van der Waals surface area (Å²) in [6, 6.07) is 11.2. The molecule has 0 spiro atoms. The lowest BCUT2D eigenvalue weighted by molar-refractivity contribution is -0.117. The Kier molecular flexibility index (Phi) is 2.97. The summed E-state index contributed by atoms with van der Waals surface area (Å²) in [4.78, 5) is 27.8. The maximum Gasteiger partial charge on any atom is 0.264 e. The van der Waals surface area contributed by atoms with Gasteiger partial charge in [0, 0.05) is 16.8 Å². The Morgan fingerprint density at radius 3 is 2.73 bits per heavy atom. The number of hydrogen-bond acceptors (Lipinski definition) is 2. The van der Waals surface area contributed by atoms with E-state index in [1.54, 1.807) is 33.7 Å². The summed E-state index contributed by atoms with van der Waals surface area (Å²) in [6.45, 7) is 1.95. The molecule has 1 unspecified atom stereocenters. The molecule has 0 N–H and O–H groups in total. The quantitative estimate of drug-likeness (QED) is 0.587. The molecule has 2 aromatic carbocycles. The van der Waals surface area contributed by atoms with Crippen molar-refractivity contribution in [3.8, 4) is 0 Å². The van der Waals surface area contributed by atoms with Crippen molar-refractivity contribution in [3.05, 3.63) is 64.6 Å². The average Bonchev–Trinajstić information content (AvgIpc) is 3.11. The molecule has 0 saturated carbocycles. The number of amides is 1. The zero-order chi connectivity index (χ0) is 18.2. The van der Waals surface area contributed by atoms with Crippen LogP contribution in [0.4, 0.5) is 10.1 Å². The Bertz CT molecular complexity index is 1140. The highest BCUT2D eigenvalue weighted by Crippen LogP contribution is 2.48. The molecule has 130 valence electrons. The summed E-state index contributed by atoms with van der Waals surface area (Å²) < 4.78 is 15.3. The highest BCUT2D eigenvalue weighted by atomic mass is 35.5. The van der Waals surface area contributed by atoms with Crippen LogP contribution in [-0.2, 0) is 10.3 Å². The van der Waals surface area contributed by atoms with Gasteiger partial charge in [0.2, 0.25) is 5.91 Å². The molecule has 1 saturated heterocycles. The van der Waals surface area contributed by atoms with E-state index >= 15 is 0 Å². The summed E-state index contributed by atoms with van der Waals surface area (Å²) >= 11 is 6.13. The Labute approximate surface area is 153 Å². The minimum absolute atomic E-state index is 0.0336. The van der Waals surface area contributed by atoms with E-state index in [1.807, 2.05) is 13.0 Å². The van der Waals surface area contributed by atoms with E-state index in [1.165, 1.54) is 12.1 Å². The first-order valence-electron chi connectivity index (χ1n) is 8.39. The van der Waals surface area contributed by atoms with Gasteiger partial charge in [-0.15, -0.1) is 0 Å². The van der Waals surface area contributed by atoms with Gasteiger partial charge in [0.05, 0.1) is 28.0 Å². The number of fused-ring (bicyclic) bond motifs is 7. The first-order valence-corrected chi connectivity index (χ1v) is 8.77. The van der Waals surface area contributed by atoms with Crippen molar-refractivity contribution < 1.29 is 14.0 Å². The number of nitrogens with zero attached hydrogens (tertiary/aromatic N) is 2. The fourth-order valence-corrected chi connectivity index (χ4v) is 4.46. The summed E-state index contributed by atoms with van der Waals surface area (Å²) in [7, 11) is 0. The van der Waals surface area contributed by atoms with Crippen molar-refractivity contribution in [2.75, 3.05) is 4.90 Å². The number of benzene rings is 2. The van der Waals surface area contributed by atoms with Crippen molar-refractivity contribution in [3.63, 3.8) is 0 Å². The van der Waals surface area contributed by atoms with Gasteiger partial charge in [-0.25, -0.2) is 4.39 Å². The van der Waals surface area contributed by atoms with Gasteiger partial charge in [0.1, 0.15) is 5.82 Å². The fourth-order valence-electron chi connectivity index (χ4n) is 4.29. The monoisotopic (exact) mass is 368 g/mol. The third-order valence-corrected chi connectivity index (χ3v) is 5.75. The van der Waals surface area contributed by atoms with Gasteiger partial charge in [-0.2, -0.15) is 0 Å². The van der Waals surface area contributed by atoms with E-state index in [9.17, 15) is 14.0 Å². The van der Waals surface area contributed by atoms with Gasteiger partial charge in [-0.3, -0.25) is 14.2 Å². The molecule has 2 aliphatic rings. The normalized spacial score (nSPS) is 21.6. The van der Waals surface area contributed by atoms with Gasteiger partial charge in [-0.05, 0) is 55.8 Å². The van der Waals surface area contributed by atoms with Crippen LogP contribution in [0, 0.1) is 5.82 Å². The lowest BCUT2D eigenvalue weighted by atomic mass is 9.94. The van der Waals surface area contributed by atoms with Crippen molar-refractivity contribution in [2.24, 2.45) is 0 Å². The third kappa shape index (κ3) is 1.84. The molecule has 0 radical (unpaired) electrons. The molecule has 1 aromatic heterocycles. The van der Waals surface area contributed by atoms with Crippen LogP contribution in [0.3, 0.4) is 0 Å². The summed E-state index contributed by atoms with van der Waals surface area (Å²) in [5.74, 6) is -0.657. The van der Waals surface area contributed by atoms with Crippen LogP contribution in [0.5, 0.6) is 0 Å². The second-order valence-electron chi connectivity index (χ2n) is 7.04. The van der Waals surface area contributed by atoms with Crippen molar-refractivity contribution in [2.45, 2.75) is 25.3 Å². The first kappa shape index (κ1) is 15.6. The maximum atomic E-state index is 13.7. The second-order valence-corrected chi connectivity index (χ2v) is 7.47. The number of carbonyl (C=O) groups is 2. The molecule has 2 aliphatic heterocycles. The second kappa shape index (κ2) is 4.95. The van der Waals surface area contributed by atoms with Crippen LogP contribution in [0.2, 0.25) is 5.02 Å². The summed E-state index contributed by atoms with van der Waals surface area (Å²) in [6.07, 6.45) is 0.975. The van der Waals surface area contributed by atoms with Crippen LogP contribution < -0.4 is 4.90 Å². The molecule has 5 rings (SSSR count). The maximum absolute atomic E-state index is 13.7. The van der Waals surface area contributed by atoms with Crippen LogP contribution in [0.15, 0.2) is 42.5 Å². The van der Waals surface area contributed by atoms with Crippen LogP contribution in [0.25, 0.3) is 10.9 Å². The Morgan fingerprint density at radius 2 is 1.92 bits per heavy atom. The number of hydrogen-bond donors (Lipinski definition) is 0. The van der Waals surface area contributed by atoms with Gasteiger partial charge >= 0.3 is 0 Å². The average molecular weight is 369 g/mol. The number of rotatable bonds is 0. The molecule has 1 fully saturated rings. The van der Waals surface area contributed by atoms with Crippen molar-refractivity contribution in [1.29, 1.82) is 0 Å². The predicted octanol–water partition coefficient (Wildman–Crippen LogP) is 4.48. The van der Waals surface area contributed by atoms with Crippen molar-refractivity contribution >= 4 is 40.0 Å². The molecule has 0 aliphatic carbocycles. The van der Waals surface area contributed by atoms with Crippen LogP contribution in [-0.4, -0.2) is 16.4 Å². The topological polar surface area (TPSA) is 42.3 Å². The zero-order valence-corrected chi connectivity index (χ0v) is 14.7.